The van der Waals surface area contributed by atoms with Crippen LogP contribution in [0.5, 0.6) is 0 Å². The minimum absolute atomic E-state index is 0.0853. The van der Waals surface area contributed by atoms with Gasteiger partial charge in [0.05, 0.1) is 26.4 Å². The van der Waals surface area contributed by atoms with Gasteiger partial charge in [0.25, 0.3) is 0 Å². The second-order valence-electron chi connectivity index (χ2n) is 29.3. The van der Waals surface area contributed by atoms with Gasteiger partial charge in [-0.1, -0.05) is 355 Å². The molecule has 596 valence electrons. The van der Waals surface area contributed by atoms with Crippen molar-refractivity contribution in [3.63, 3.8) is 0 Å². The van der Waals surface area contributed by atoms with Crippen LogP contribution in [0.2, 0.25) is 0 Å². The van der Waals surface area contributed by atoms with Gasteiger partial charge in [0, 0.05) is 25.7 Å². The molecule has 0 radical (unpaired) electrons. The molecule has 0 aromatic carbocycles. The van der Waals surface area contributed by atoms with Crippen molar-refractivity contribution in [3.8, 4) is 0 Å². The molecule has 0 spiro atoms. The maximum atomic E-state index is 13.1. The standard InChI is InChI=1S/C82H156O17P2/c1-7-11-13-15-17-19-21-22-23-31-36-42-48-54-60-66-81(86)98-77(70-92-79(84)64-58-52-46-40-20-18-16-14-12-8-2)72-96-100(88,89)94-68-76(83)69-95-101(90,91)97-73-78(99-82(87)67-61-55-49-43-37-32-27-25-29-34-39-45-51-57-63-75(6)10-4)71-93-80(85)65-59-53-47-41-35-30-26-24-28-33-38-44-50-56-62-74(5)9-3/h19,21-23,74-78,83H,7-18,20,24-73H2,1-6H3,(H,88,89)(H,90,91)/b21-19-,23-22-/t74?,75?,76-,77+,78+/m0/s1. The number of phosphoric ester groups is 2. The van der Waals surface area contributed by atoms with Crippen molar-refractivity contribution in [2.45, 2.75) is 426 Å². The number of allylic oxidation sites excluding steroid dienone is 4. The van der Waals surface area contributed by atoms with Crippen molar-refractivity contribution in [1.82, 2.24) is 0 Å². The predicted molar refractivity (Wildman–Crippen MR) is 414 cm³/mol. The van der Waals surface area contributed by atoms with Gasteiger partial charge in [-0.25, -0.2) is 9.13 Å². The second kappa shape index (κ2) is 73.1. The number of unbranched alkanes of at least 4 members (excludes halogenated alkanes) is 44. The van der Waals surface area contributed by atoms with Crippen molar-refractivity contribution < 1.29 is 80.2 Å². The van der Waals surface area contributed by atoms with Gasteiger partial charge in [0.15, 0.2) is 12.2 Å². The molecule has 7 atom stereocenters. The van der Waals surface area contributed by atoms with Crippen LogP contribution < -0.4 is 0 Å². The van der Waals surface area contributed by atoms with E-state index < -0.39 is 97.5 Å². The van der Waals surface area contributed by atoms with E-state index in [1.165, 1.54) is 212 Å². The number of aliphatic hydroxyl groups excluding tert-OH is 1. The zero-order chi connectivity index (χ0) is 74.2. The summed E-state index contributed by atoms with van der Waals surface area (Å²) in [7, 11) is -9.93. The summed E-state index contributed by atoms with van der Waals surface area (Å²) in [4.78, 5) is 73.0. The molecular formula is C82H156O17P2. The molecule has 4 unspecified atom stereocenters. The van der Waals surface area contributed by atoms with E-state index in [-0.39, 0.29) is 25.7 Å². The quantitative estimate of drug-likeness (QED) is 0.0169. The maximum absolute atomic E-state index is 13.1. The third-order valence-electron chi connectivity index (χ3n) is 19.3. The predicted octanol–water partition coefficient (Wildman–Crippen LogP) is 24.2. The lowest BCUT2D eigenvalue weighted by Gasteiger charge is -2.21. The molecule has 0 aromatic heterocycles. The molecule has 0 amide bonds. The summed E-state index contributed by atoms with van der Waals surface area (Å²) < 4.78 is 68.7. The third-order valence-corrected chi connectivity index (χ3v) is 21.2. The minimum atomic E-state index is -4.97. The van der Waals surface area contributed by atoms with Crippen LogP contribution in [0.4, 0.5) is 0 Å². The van der Waals surface area contributed by atoms with Crippen LogP contribution in [0.3, 0.4) is 0 Å². The van der Waals surface area contributed by atoms with Gasteiger partial charge in [-0.05, 0) is 63.2 Å². The summed E-state index contributed by atoms with van der Waals surface area (Å²) in [6, 6.07) is 0. The zero-order valence-corrected chi connectivity index (χ0v) is 67.5. The number of carbonyl (C=O) groups excluding carboxylic acids is 4. The molecule has 0 rings (SSSR count). The van der Waals surface area contributed by atoms with Crippen LogP contribution in [0.15, 0.2) is 24.3 Å². The number of hydrogen-bond donors (Lipinski definition) is 3. The molecule has 0 saturated heterocycles. The Kier molecular flexibility index (Phi) is 71.3. The highest BCUT2D eigenvalue weighted by Gasteiger charge is 2.30. The molecule has 17 nitrogen and oxygen atoms in total. The van der Waals surface area contributed by atoms with E-state index >= 15 is 0 Å². The van der Waals surface area contributed by atoms with E-state index in [1.807, 2.05) is 0 Å². The Morgan fingerprint density at radius 3 is 0.842 bits per heavy atom. The lowest BCUT2D eigenvalue weighted by atomic mass is 9.99. The van der Waals surface area contributed by atoms with Crippen molar-refractivity contribution in [2.75, 3.05) is 39.6 Å². The van der Waals surface area contributed by atoms with Crippen LogP contribution in [0.1, 0.15) is 408 Å². The fourth-order valence-corrected chi connectivity index (χ4v) is 13.7. The second-order valence-corrected chi connectivity index (χ2v) is 32.2. The smallest absolute Gasteiger partial charge is 0.462 e. The van der Waals surface area contributed by atoms with E-state index in [4.69, 9.17) is 37.0 Å². The van der Waals surface area contributed by atoms with Crippen LogP contribution in [-0.4, -0.2) is 96.7 Å². The molecule has 0 saturated carbocycles. The molecule has 101 heavy (non-hydrogen) atoms. The largest absolute Gasteiger partial charge is 0.472 e. The van der Waals surface area contributed by atoms with E-state index in [2.05, 4.69) is 65.8 Å². The number of rotatable bonds is 79. The van der Waals surface area contributed by atoms with Crippen LogP contribution in [-0.2, 0) is 65.4 Å². The van der Waals surface area contributed by atoms with Gasteiger partial charge in [-0.15, -0.1) is 0 Å². The number of esters is 4. The third kappa shape index (κ3) is 72.9. The van der Waals surface area contributed by atoms with E-state index in [9.17, 15) is 43.2 Å². The molecule has 19 heteroatoms. The molecule has 0 bridgehead atoms. The van der Waals surface area contributed by atoms with Crippen molar-refractivity contribution in [3.05, 3.63) is 24.3 Å². The first kappa shape index (κ1) is 98.5. The molecular weight excluding hydrogens is 1320 g/mol. The number of aliphatic hydroxyl groups is 1. The first-order chi connectivity index (χ1) is 48.9. The topological polar surface area (TPSA) is 237 Å². The number of carbonyl (C=O) groups is 4. The van der Waals surface area contributed by atoms with Crippen molar-refractivity contribution in [1.29, 1.82) is 0 Å². The van der Waals surface area contributed by atoms with Gasteiger partial charge in [-0.2, -0.15) is 0 Å². The van der Waals surface area contributed by atoms with Crippen molar-refractivity contribution in [2.24, 2.45) is 11.8 Å². The monoisotopic (exact) mass is 1480 g/mol. The summed E-state index contributed by atoms with van der Waals surface area (Å²) >= 11 is 0. The molecule has 0 fully saturated rings. The number of hydrogen-bond acceptors (Lipinski definition) is 15. The van der Waals surface area contributed by atoms with E-state index in [1.54, 1.807) is 0 Å². The fraction of sp³-hybridized carbons (Fsp3) is 0.902. The summed E-state index contributed by atoms with van der Waals surface area (Å²) in [5.41, 5.74) is 0. The maximum Gasteiger partial charge on any atom is 0.472 e. The molecule has 0 aliphatic heterocycles. The summed E-state index contributed by atoms with van der Waals surface area (Å²) in [5, 5.41) is 10.6. The SMILES string of the molecule is CCCCCC/C=C\C=C/CCCCCCCC(=O)O[C@H](COC(=O)CCCCCCCCCCCC)COP(=O)(O)OC[C@H](O)COP(=O)(O)OC[C@@H](COC(=O)CCCCCCCCCCCCCCCCC(C)CC)OC(=O)CCCCCCCCCCCCCCCCC(C)CC. The average molecular weight is 1480 g/mol. The summed E-state index contributed by atoms with van der Waals surface area (Å²) in [6.45, 7) is 9.67. The molecule has 3 N–H and O–H groups in total. The van der Waals surface area contributed by atoms with E-state index in [0.717, 1.165) is 115 Å². The molecule has 0 aliphatic rings. The van der Waals surface area contributed by atoms with Crippen molar-refractivity contribution >= 4 is 39.5 Å². The highest BCUT2D eigenvalue weighted by Crippen LogP contribution is 2.45. The lowest BCUT2D eigenvalue weighted by molar-refractivity contribution is -0.161. The fourth-order valence-electron chi connectivity index (χ4n) is 12.1. The van der Waals surface area contributed by atoms with Crippen LogP contribution >= 0.6 is 15.6 Å². The first-order valence-electron chi connectivity index (χ1n) is 41.9. The highest BCUT2D eigenvalue weighted by atomic mass is 31.2. The van der Waals surface area contributed by atoms with Gasteiger partial charge in [0.2, 0.25) is 0 Å². The van der Waals surface area contributed by atoms with Gasteiger partial charge >= 0.3 is 39.5 Å². The number of phosphoric acid groups is 2. The van der Waals surface area contributed by atoms with Crippen LogP contribution in [0.25, 0.3) is 0 Å². The Hall–Kier alpha value is -2.46. The average Bonchev–Trinajstić information content (AvgIpc) is 3.16. The van der Waals surface area contributed by atoms with E-state index in [0.29, 0.717) is 25.7 Å². The summed E-state index contributed by atoms with van der Waals surface area (Å²) in [6.07, 6.45) is 65.8. The Morgan fingerprint density at radius 1 is 0.317 bits per heavy atom. The highest BCUT2D eigenvalue weighted by molar-refractivity contribution is 7.47. The first-order valence-corrected chi connectivity index (χ1v) is 44.9. The molecule has 0 aliphatic carbocycles. The van der Waals surface area contributed by atoms with Gasteiger partial charge in [-0.3, -0.25) is 37.3 Å². The lowest BCUT2D eigenvalue weighted by Crippen LogP contribution is -2.30. The Bertz CT molecular complexity index is 2040. The Morgan fingerprint density at radius 2 is 0.554 bits per heavy atom. The Labute approximate surface area is 618 Å². The van der Waals surface area contributed by atoms with Gasteiger partial charge in [0.1, 0.15) is 19.3 Å². The normalized spacial score (nSPS) is 14.6. The number of ether oxygens (including phenoxy) is 4. The Balaban J connectivity index is 5.28. The zero-order valence-electron chi connectivity index (χ0n) is 65.7. The molecule has 0 heterocycles. The molecule has 0 aromatic rings. The minimum Gasteiger partial charge on any atom is -0.462 e. The van der Waals surface area contributed by atoms with Crippen LogP contribution in [0, 0.1) is 11.8 Å². The summed E-state index contributed by atoms with van der Waals surface area (Å²) in [5.74, 6) is -0.444. The van der Waals surface area contributed by atoms with Gasteiger partial charge < -0.3 is 33.8 Å².